The molecule has 702 valence electrons. The van der Waals surface area contributed by atoms with Crippen LogP contribution in [0, 0.1) is 45.8 Å². The van der Waals surface area contributed by atoms with Crippen molar-refractivity contribution in [3.05, 3.63) is 0 Å². The fourth-order valence-electron chi connectivity index (χ4n) is 13.5. The SMILES string of the molecule is C.C.C.C.C.C.C.C.CCC(C)(C)C(=O)OCCOC(=O)CCC(=O)OC1(C)CCC2CC1(C)OC2=O.CCC(C)(C)C(=O)OCCOC(=O)CCC(=O)OC1CC2CCC1(C)OC2=O.CCC(C)(C)C(=O)OCCOC(=O)CCC(=O)OC1CCC2CC1(C)OC2=O.CCC(C)C(=O)OCCOC(=O)CCC(=O)OC1(C)CCC2CC1(C)OC2=O. The van der Waals surface area contributed by atoms with E-state index in [0.29, 0.717) is 96.3 Å². The van der Waals surface area contributed by atoms with E-state index in [0.717, 1.165) is 6.42 Å². The van der Waals surface area contributed by atoms with Gasteiger partial charge in [-0.15, -0.1) is 0 Å². The van der Waals surface area contributed by atoms with Gasteiger partial charge >= 0.3 is 95.5 Å². The summed E-state index contributed by atoms with van der Waals surface area (Å²) in [7, 11) is 0. The maximum absolute atomic E-state index is 12.2. The number of ether oxygens (including phenoxy) is 16. The van der Waals surface area contributed by atoms with Crippen molar-refractivity contribution in [2.75, 3.05) is 52.9 Å². The molecule has 8 bridgehead atoms. The molecule has 0 aromatic carbocycles. The van der Waals surface area contributed by atoms with Crippen LogP contribution in [0.15, 0.2) is 0 Å². The third-order valence-electron chi connectivity index (χ3n) is 23.4. The van der Waals surface area contributed by atoms with Crippen molar-refractivity contribution in [1.82, 2.24) is 0 Å². The van der Waals surface area contributed by atoms with Gasteiger partial charge in [0.25, 0.3) is 0 Å². The zero-order valence-electron chi connectivity index (χ0n) is 69.2. The molecule has 32 heteroatoms. The van der Waals surface area contributed by atoms with Gasteiger partial charge in [-0.2, -0.15) is 0 Å². The van der Waals surface area contributed by atoms with Gasteiger partial charge in [0.05, 0.1) is 97.2 Å². The summed E-state index contributed by atoms with van der Waals surface area (Å²) in [6.07, 6.45) is 7.65. The highest BCUT2D eigenvalue weighted by Gasteiger charge is 2.63. The fourth-order valence-corrected chi connectivity index (χ4v) is 13.5. The van der Waals surface area contributed by atoms with Gasteiger partial charge in [0.2, 0.25) is 0 Å². The van der Waals surface area contributed by atoms with E-state index >= 15 is 0 Å². The van der Waals surface area contributed by atoms with Crippen molar-refractivity contribution >= 4 is 95.5 Å². The van der Waals surface area contributed by atoms with Crippen LogP contribution < -0.4 is 0 Å². The minimum atomic E-state index is -0.906. The molecule has 9 aliphatic rings. The van der Waals surface area contributed by atoms with E-state index < -0.39 is 110 Å². The van der Waals surface area contributed by atoms with Gasteiger partial charge < -0.3 is 75.8 Å². The molecule has 0 spiro atoms. The van der Waals surface area contributed by atoms with Crippen LogP contribution in [0.5, 0.6) is 0 Å². The van der Waals surface area contributed by atoms with Crippen LogP contribution in [0.2, 0.25) is 0 Å². The Hall–Kier alpha value is -8.48. The van der Waals surface area contributed by atoms with Crippen LogP contribution in [-0.2, 0) is 153 Å². The molecule has 0 radical (unpaired) electrons. The Kier molecular flexibility index (Phi) is 50.6. The van der Waals surface area contributed by atoms with Crippen LogP contribution in [-0.4, -0.2) is 194 Å². The molecule has 5 heterocycles. The van der Waals surface area contributed by atoms with Crippen molar-refractivity contribution in [3.63, 3.8) is 0 Å². The van der Waals surface area contributed by atoms with Gasteiger partial charge in [0.15, 0.2) is 0 Å². The first-order valence-electron chi connectivity index (χ1n) is 39.7. The van der Waals surface area contributed by atoms with E-state index in [-0.39, 0.29) is 241 Å². The topological polar surface area (TPSA) is 421 Å². The molecular weight excluding hydrogens is 1580 g/mol. The third kappa shape index (κ3) is 33.9. The minimum Gasteiger partial charge on any atom is -0.462 e. The first-order valence-corrected chi connectivity index (χ1v) is 39.7. The molecule has 121 heavy (non-hydrogen) atoms. The Bertz CT molecular complexity index is 3350. The summed E-state index contributed by atoms with van der Waals surface area (Å²) in [4.78, 5) is 189. The highest BCUT2D eigenvalue weighted by Crippen LogP contribution is 2.52. The van der Waals surface area contributed by atoms with Crippen LogP contribution in [0.25, 0.3) is 0 Å². The van der Waals surface area contributed by atoms with E-state index in [1.165, 1.54) is 0 Å². The number of hydrogen-bond donors (Lipinski definition) is 0. The highest BCUT2D eigenvalue weighted by atomic mass is 16.6. The van der Waals surface area contributed by atoms with Crippen molar-refractivity contribution in [2.24, 2.45) is 45.8 Å². The summed E-state index contributed by atoms with van der Waals surface area (Å²) in [5.74, 6) is -7.44. The van der Waals surface area contributed by atoms with E-state index in [9.17, 15) is 76.7 Å². The predicted octanol–water partition coefficient (Wildman–Crippen LogP) is 14.7. The van der Waals surface area contributed by atoms with E-state index in [2.05, 4.69) is 0 Å². The quantitative estimate of drug-likeness (QED) is 0.0319. The van der Waals surface area contributed by atoms with E-state index in [1.54, 1.807) is 90.0 Å². The lowest BCUT2D eigenvalue weighted by Gasteiger charge is -2.47. The summed E-state index contributed by atoms with van der Waals surface area (Å²) in [5.41, 5.74) is -6.74. The summed E-state index contributed by atoms with van der Waals surface area (Å²) in [6, 6.07) is 0. The summed E-state index contributed by atoms with van der Waals surface area (Å²) in [5, 5.41) is 0. The molecule has 9 rings (SSSR count). The van der Waals surface area contributed by atoms with Crippen molar-refractivity contribution < 1.29 is 153 Å². The Morgan fingerprint density at radius 1 is 0.347 bits per heavy atom. The first-order chi connectivity index (χ1) is 52.7. The molecule has 4 aliphatic carbocycles. The Morgan fingerprint density at radius 3 is 0.975 bits per heavy atom. The average molecular weight is 1740 g/mol. The average Bonchev–Trinajstić information content (AvgIpc) is 1.57. The number of hydrogen-bond acceptors (Lipinski definition) is 32. The van der Waals surface area contributed by atoms with Crippen LogP contribution >= 0.6 is 0 Å². The van der Waals surface area contributed by atoms with Gasteiger partial charge in [-0.05, 0) is 160 Å². The maximum Gasteiger partial charge on any atom is 0.311 e. The predicted molar refractivity (Wildman–Crippen MR) is 446 cm³/mol. The van der Waals surface area contributed by atoms with E-state index in [4.69, 9.17) is 75.8 Å². The lowest BCUT2D eigenvalue weighted by molar-refractivity contribution is -0.218. The number of carbonyl (C=O) groups excluding carboxylic acids is 16. The standard InChI is InChI=1S/C21H32O8.3C20H30O8.8CH4/c1-6-19(2,3)18(25)27-12-11-26-15(22)7-8-16(23)28-20(4)10-9-14-13-21(20,5)29-17(14)24;1-5-19(2,3)18(24)26-11-10-25-15(21)6-7-16(22)27-14-12-13-8-9-20(14,4)28-17(13)23;1-5-19(2,3)18(24)26-11-10-25-15(21)8-9-16(22)27-14-7-6-13-12-20(14,4)28-17(13)23;1-5-13(2)17(23)26-11-10-25-15(21)6-7-16(22)27-19(3)9-8-14-12-20(19,4)28-18(14)24;;;;;;;;/h14H,6-13H2,1-5H3;3*13-14H,5-12H2,1-4H3;8*1H4. The largest absolute Gasteiger partial charge is 0.462 e. The second kappa shape index (κ2) is 51.6. The maximum atomic E-state index is 12.2. The first kappa shape index (κ1) is 119. The van der Waals surface area contributed by atoms with Crippen LogP contribution in [0.4, 0.5) is 0 Å². The molecule has 13 atom stereocenters. The van der Waals surface area contributed by atoms with Crippen molar-refractivity contribution in [3.8, 4) is 0 Å². The zero-order valence-corrected chi connectivity index (χ0v) is 69.2. The van der Waals surface area contributed by atoms with Crippen molar-refractivity contribution in [1.29, 1.82) is 0 Å². The van der Waals surface area contributed by atoms with Crippen LogP contribution in [0.3, 0.4) is 0 Å². The van der Waals surface area contributed by atoms with Gasteiger partial charge in [-0.25, -0.2) is 0 Å². The lowest BCUT2D eigenvalue weighted by Crippen LogP contribution is -2.57. The van der Waals surface area contributed by atoms with Crippen LogP contribution in [0.1, 0.15) is 331 Å². The summed E-state index contributed by atoms with van der Waals surface area (Å²) >= 11 is 0. The number of fused-ring (bicyclic) bond motifs is 9. The second-order valence-electron chi connectivity index (χ2n) is 33.4. The van der Waals surface area contributed by atoms with Gasteiger partial charge in [0.1, 0.15) is 98.7 Å². The van der Waals surface area contributed by atoms with Crippen molar-refractivity contribution in [2.45, 2.75) is 377 Å². The van der Waals surface area contributed by atoms with Gasteiger partial charge in [0, 0.05) is 25.7 Å². The van der Waals surface area contributed by atoms with Gasteiger partial charge in [-0.1, -0.05) is 94.0 Å². The van der Waals surface area contributed by atoms with Gasteiger partial charge in [-0.3, -0.25) is 76.7 Å². The molecule has 32 nitrogen and oxygen atoms in total. The molecule has 5 aliphatic heterocycles. The molecule has 0 amide bonds. The normalized spacial score (nSPS) is 25.9. The Morgan fingerprint density at radius 2 is 0.636 bits per heavy atom. The number of carbonyl (C=O) groups is 16. The smallest absolute Gasteiger partial charge is 0.311 e. The highest BCUT2D eigenvalue weighted by molar-refractivity contribution is 5.83. The molecule has 4 saturated carbocycles. The Balaban J connectivity index is -0.000000738. The van der Waals surface area contributed by atoms with E-state index in [1.807, 2.05) is 27.7 Å². The molecular formula is C89H154O32. The lowest BCUT2D eigenvalue weighted by atomic mass is 9.71. The molecule has 13 unspecified atom stereocenters. The number of rotatable bonds is 36. The molecule has 0 aromatic heterocycles. The third-order valence-corrected chi connectivity index (χ3v) is 23.4. The second-order valence-corrected chi connectivity index (χ2v) is 33.4. The number of esters is 16. The zero-order chi connectivity index (χ0) is 84.7. The minimum absolute atomic E-state index is 0. The Labute approximate surface area is 720 Å². The molecule has 0 N–H and O–H groups in total. The molecule has 0 aromatic rings. The summed E-state index contributed by atoms with van der Waals surface area (Å²) in [6.45, 7) is 30.4. The molecule has 9 fully saturated rings. The molecule has 5 saturated heterocycles. The summed E-state index contributed by atoms with van der Waals surface area (Å²) < 4.78 is 83.9. The fraction of sp³-hybridized carbons (Fsp3) is 0.820. The monoisotopic (exact) mass is 1740 g/mol.